The molecule has 1 aliphatic rings. The molecule has 0 fully saturated rings. The fourth-order valence-electron chi connectivity index (χ4n) is 3.86. The lowest BCUT2D eigenvalue weighted by molar-refractivity contribution is -0.137. The smallest absolute Gasteiger partial charge is 0.303 e. The minimum atomic E-state index is -0.960. The van der Waals surface area contributed by atoms with E-state index in [9.17, 15) is 19.8 Å². The minimum absolute atomic E-state index is 0.148. The highest BCUT2D eigenvalue weighted by molar-refractivity contribution is 6.05. The number of Topliss-reactive ketones (excluding diaryl/α,β-unsaturated/α-hetero) is 1. The van der Waals surface area contributed by atoms with E-state index in [4.69, 9.17) is 9.47 Å². The van der Waals surface area contributed by atoms with Gasteiger partial charge in [-0.25, -0.2) is 0 Å². The molecule has 6 nitrogen and oxygen atoms in total. The van der Waals surface area contributed by atoms with Gasteiger partial charge in [0.05, 0.1) is 19.4 Å². The van der Waals surface area contributed by atoms with Crippen LogP contribution in [0.3, 0.4) is 0 Å². The standard InChI is InChI=1S/C23H32O6/c1-7-8-15(11-17(24)25)18-21(27)19-20(26)13(4)14(5)29-23(19)16(22(18)28-6)10-9-12(2)3/h9,13-15,27H,7-8,10-11H2,1-6H3,(H,24,25)/t13-,14+,15?/m0/s1. The van der Waals surface area contributed by atoms with Crippen molar-refractivity contribution in [1.82, 2.24) is 0 Å². The molecule has 0 saturated heterocycles. The number of carbonyl (C=O) groups is 2. The summed E-state index contributed by atoms with van der Waals surface area (Å²) in [6, 6.07) is 0. The normalized spacial score (nSPS) is 19.2. The molecule has 1 aromatic carbocycles. The largest absolute Gasteiger partial charge is 0.507 e. The predicted octanol–water partition coefficient (Wildman–Crippen LogP) is 4.87. The van der Waals surface area contributed by atoms with Crippen molar-refractivity contribution < 1.29 is 29.3 Å². The Labute approximate surface area is 172 Å². The first-order valence-corrected chi connectivity index (χ1v) is 10.2. The highest BCUT2D eigenvalue weighted by atomic mass is 16.5. The van der Waals surface area contributed by atoms with Gasteiger partial charge >= 0.3 is 5.97 Å². The van der Waals surface area contributed by atoms with Gasteiger partial charge in [0.25, 0.3) is 0 Å². The van der Waals surface area contributed by atoms with E-state index in [1.54, 1.807) is 6.92 Å². The SMILES string of the molecule is CCCC(CC(=O)O)c1c(O)c2c(c(CC=C(C)C)c1OC)O[C@H](C)[C@H](C)C2=O. The number of phenols is 1. The summed E-state index contributed by atoms with van der Waals surface area (Å²) in [6.07, 6.45) is 3.26. The quantitative estimate of drug-likeness (QED) is 0.601. The Kier molecular flexibility index (Phi) is 7.33. The Hall–Kier alpha value is -2.50. The molecule has 0 radical (unpaired) electrons. The maximum Gasteiger partial charge on any atom is 0.303 e. The number of carboxylic acid groups (broad SMARTS) is 1. The number of carbonyl (C=O) groups excluding carboxylic acids is 1. The van der Waals surface area contributed by atoms with E-state index in [1.807, 2.05) is 33.8 Å². The maximum absolute atomic E-state index is 13.1. The number of rotatable bonds is 8. The topological polar surface area (TPSA) is 93.1 Å². The Bertz CT molecular complexity index is 819. The molecule has 1 aromatic rings. The second-order valence-electron chi connectivity index (χ2n) is 8.02. The van der Waals surface area contributed by atoms with E-state index in [2.05, 4.69) is 0 Å². The van der Waals surface area contributed by atoms with Gasteiger partial charge in [-0.2, -0.15) is 0 Å². The Morgan fingerprint density at radius 3 is 2.48 bits per heavy atom. The van der Waals surface area contributed by atoms with E-state index in [0.29, 0.717) is 35.5 Å². The summed E-state index contributed by atoms with van der Waals surface area (Å²) in [5.41, 5.74) is 2.31. The van der Waals surface area contributed by atoms with Crippen LogP contribution in [0.25, 0.3) is 0 Å². The third kappa shape index (κ3) is 4.57. The van der Waals surface area contributed by atoms with Crippen LogP contribution >= 0.6 is 0 Å². The molecule has 0 aromatic heterocycles. The second kappa shape index (κ2) is 9.33. The van der Waals surface area contributed by atoms with Crippen molar-refractivity contribution in [3.8, 4) is 17.2 Å². The Morgan fingerprint density at radius 2 is 1.97 bits per heavy atom. The number of phenolic OH excluding ortho intramolecular Hbond substituents is 1. The second-order valence-corrected chi connectivity index (χ2v) is 8.02. The third-order valence-electron chi connectivity index (χ3n) is 5.56. The van der Waals surface area contributed by atoms with Gasteiger partial charge in [0.15, 0.2) is 5.78 Å². The van der Waals surface area contributed by atoms with Gasteiger partial charge in [-0.05, 0) is 33.6 Å². The van der Waals surface area contributed by atoms with Crippen molar-refractivity contribution in [1.29, 1.82) is 0 Å². The molecule has 0 aliphatic carbocycles. The van der Waals surface area contributed by atoms with Crippen molar-refractivity contribution in [2.24, 2.45) is 5.92 Å². The van der Waals surface area contributed by atoms with Crippen LogP contribution in [-0.2, 0) is 11.2 Å². The third-order valence-corrected chi connectivity index (χ3v) is 5.56. The minimum Gasteiger partial charge on any atom is -0.507 e. The summed E-state index contributed by atoms with van der Waals surface area (Å²) in [5.74, 6) is -1.47. The monoisotopic (exact) mass is 404 g/mol. The summed E-state index contributed by atoms with van der Waals surface area (Å²) in [6.45, 7) is 9.51. The lowest BCUT2D eigenvalue weighted by Gasteiger charge is -2.33. The first kappa shape index (κ1) is 22.8. The molecule has 160 valence electrons. The summed E-state index contributed by atoms with van der Waals surface area (Å²) in [7, 11) is 1.50. The van der Waals surface area contributed by atoms with Crippen LogP contribution < -0.4 is 9.47 Å². The number of fused-ring (bicyclic) bond motifs is 1. The average molecular weight is 405 g/mol. The highest BCUT2D eigenvalue weighted by Crippen LogP contribution is 2.51. The van der Waals surface area contributed by atoms with Crippen LogP contribution in [0.15, 0.2) is 11.6 Å². The molecule has 1 heterocycles. The van der Waals surface area contributed by atoms with Crippen LogP contribution in [0, 0.1) is 5.92 Å². The van der Waals surface area contributed by atoms with Crippen molar-refractivity contribution in [3.63, 3.8) is 0 Å². The Balaban J connectivity index is 2.86. The zero-order valence-corrected chi connectivity index (χ0v) is 18.2. The number of hydrogen-bond donors (Lipinski definition) is 2. The lowest BCUT2D eigenvalue weighted by atomic mass is 9.81. The van der Waals surface area contributed by atoms with Crippen LogP contribution in [0.2, 0.25) is 0 Å². The van der Waals surface area contributed by atoms with Crippen molar-refractivity contribution in [2.75, 3.05) is 7.11 Å². The highest BCUT2D eigenvalue weighted by Gasteiger charge is 2.39. The summed E-state index contributed by atoms with van der Waals surface area (Å²) >= 11 is 0. The van der Waals surface area contributed by atoms with Gasteiger partial charge in [-0.15, -0.1) is 0 Å². The van der Waals surface area contributed by atoms with E-state index >= 15 is 0 Å². The average Bonchev–Trinajstić information content (AvgIpc) is 2.63. The molecule has 2 rings (SSSR count). The fourth-order valence-corrected chi connectivity index (χ4v) is 3.86. The summed E-state index contributed by atoms with van der Waals surface area (Å²) in [4.78, 5) is 24.6. The van der Waals surface area contributed by atoms with Crippen LogP contribution in [0.5, 0.6) is 17.2 Å². The number of allylic oxidation sites excluding steroid dienone is 2. The number of aliphatic carboxylic acids is 1. The molecule has 0 spiro atoms. The molecular weight excluding hydrogens is 372 g/mol. The van der Waals surface area contributed by atoms with Gasteiger partial charge < -0.3 is 19.7 Å². The Morgan fingerprint density at radius 1 is 1.31 bits per heavy atom. The van der Waals surface area contributed by atoms with Gasteiger partial charge in [0.2, 0.25) is 0 Å². The molecule has 2 N–H and O–H groups in total. The first-order chi connectivity index (χ1) is 13.6. The predicted molar refractivity (Wildman–Crippen MR) is 111 cm³/mol. The zero-order valence-electron chi connectivity index (χ0n) is 18.2. The van der Waals surface area contributed by atoms with E-state index in [-0.39, 0.29) is 29.6 Å². The number of hydrogen-bond acceptors (Lipinski definition) is 5. The number of aromatic hydroxyl groups is 1. The molecular formula is C23H32O6. The van der Waals surface area contributed by atoms with Gasteiger partial charge in [-0.1, -0.05) is 31.9 Å². The van der Waals surface area contributed by atoms with Crippen molar-refractivity contribution >= 4 is 11.8 Å². The molecule has 3 atom stereocenters. The van der Waals surface area contributed by atoms with E-state index in [1.165, 1.54) is 7.11 Å². The van der Waals surface area contributed by atoms with Crippen molar-refractivity contribution in [2.45, 2.75) is 72.3 Å². The molecule has 0 amide bonds. The van der Waals surface area contributed by atoms with Crippen LogP contribution in [0.4, 0.5) is 0 Å². The molecule has 1 unspecified atom stereocenters. The number of methoxy groups -OCH3 is 1. The molecule has 1 aliphatic heterocycles. The zero-order chi connectivity index (χ0) is 21.9. The van der Waals surface area contributed by atoms with E-state index < -0.39 is 17.8 Å². The van der Waals surface area contributed by atoms with E-state index in [0.717, 1.165) is 12.0 Å². The molecule has 6 heteroatoms. The number of ether oxygens (including phenoxy) is 2. The fraction of sp³-hybridized carbons (Fsp3) is 0.565. The van der Waals surface area contributed by atoms with Crippen LogP contribution in [0.1, 0.15) is 81.3 Å². The van der Waals surface area contributed by atoms with Gasteiger partial charge in [0, 0.05) is 17.0 Å². The molecule has 0 bridgehead atoms. The summed E-state index contributed by atoms with van der Waals surface area (Å²) < 4.78 is 11.8. The number of benzene rings is 1. The summed E-state index contributed by atoms with van der Waals surface area (Å²) in [5, 5.41) is 20.6. The van der Waals surface area contributed by atoms with Crippen molar-refractivity contribution in [3.05, 3.63) is 28.3 Å². The first-order valence-electron chi connectivity index (χ1n) is 10.2. The van der Waals surface area contributed by atoms with Gasteiger partial charge in [0.1, 0.15) is 28.9 Å². The number of ketones is 1. The number of carboxylic acids is 1. The molecule has 0 saturated carbocycles. The lowest BCUT2D eigenvalue weighted by Crippen LogP contribution is -2.34. The van der Waals surface area contributed by atoms with Crippen LogP contribution in [-0.4, -0.2) is 35.2 Å². The maximum atomic E-state index is 13.1. The van der Waals surface area contributed by atoms with Gasteiger partial charge in [-0.3, -0.25) is 9.59 Å². The molecule has 29 heavy (non-hydrogen) atoms.